The monoisotopic (exact) mass is 454 g/mol. The van der Waals surface area contributed by atoms with Gasteiger partial charge in [0, 0.05) is 16.6 Å². The smallest absolute Gasteiger partial charge is 0.264 e. The summed E-state index contributed by atoms with van der Waals surface area (Å²) in [5, 5.41) is 1.18. The van der Waals surface area contributed by atoms with Gasteiger partial charge in [0.05, 0.1) is 6.54 Å². The molecule has 0 aliphatic carbocycles. The van der Waals surface area contributed by atoms with Crippen LogP contribution in [0.3, 0.4) is 0 Å². The minimum absolute atomic E-state index is 0.181. The van der Waals surface area contributed by atoms with Gasteiger partial charge in [-0.2, -0.15) is 0 Å². The fourth-order valence-corrected chi connectivity index (χ4v) is 3.64. The number of oxazole rings is 1. The number of ether oxygens (including phenoxy) is 1. The molecule has 3 aromatic carbocycles. The van der Waals surface area contributed by atoms with Crippen LogP contribution in [0.4, 0.5) is 0 Å². The van der Waals surface area contributed by atoms with Crippen LogP contribution in [0, 0.1) is 0 Å². The zero-order valence-corrected chi connectivity index (χ0v) is 18.3. The van der Waals surface area contributed by atoms with Gasteiger partial charge in [-0.15, -0.1) is 0 Å². The first-order valence-electron chi connectivity index (χ1n) is 9.78. The van der Waals surface area contributed by atoms with Crippen molar-refractivity contribution >= 4 is 40.2 Å². The number of carbonyl (C=O) groups is 1. The number of carbonyl (C=O) groups excluding carboxylic acids is 1. The van der Waals surface area contributed by atoms with Crippen LogP contribution in [-0.4, -0.2) is 21.9 Å². The molecule has 4 rings (SSSR count). The highest BCUT2D eigenvalue weighted by Crippen LogP contribution is 2.22. The van der Waals surface area contributed by atoms with Crippen LogP contribution in [0.25, 0.3) is 11.1 Å². The van der Waals surface area contributed by atoms with Crippen molar-refractivity contribution in [3.63, 3.8) is 0 Å². The maximum Gasteiger partial charge on any atom is 0.264 e. The lowest BCUT2D eigenvalue weighted by molar-refractivity contribution is -0.139. The van der Waals surface area contributed by atoms with E-state index in [1.807, 2.05) is 48.5 Å². The predicted octanol–water partition coefficient (Wildman–Crippen LogP) is 6.13. The topological polar surface area (TPSA) is 55.6 Å². The average molecular weight is 455 g/mol. The van der Waals surface area contributed by atoms with Crippen LogP contribution < -0.4 is 4.74 Å². The lowest BCUT2D eigenvalue weighted by Crippen LogP contribution is -2.39. The van der Waals surface area contributed by atoms with Gasteiger partial charge >= 0.3 is 0 Å². The normalized spacial score (nSPS) is 12.0. The average Bonchev–Trinajstić information content (AvgIpc) is 3.15. The summed E-state index contributed by atoms with van der Waals surface area (Å²) in [6.07, 6.45) is -0.694. The second-order valence-electron chi connectivity index (χ2n) is 7.12. The molecular formula is C24H20Cl2N2O3. The summed E-state index contributed by atoms with van der Waals surface area (Å²) in [4.78, 5) is 19.4. The van der Waals surface area contributed by atoms with Gasteiger partial charge in [-0.25, -0.2) is 4.98 Å². The number of hydrogen-bond donors (Lipinski definition) is 0. The Labute approximate surface area is 190 Å². The molecule has 1 aromatic heterocycles. The zero-order chi connectivity index (χ0) is 21.8. The van der Waals surface area contributed by atoms with Gasteiger partial charge in [0.1, 0.15) is 11.3 Å². The van der Waals surface area contributed by atoms with E-state index in [0.29, 0.717) is 39.3 Å². The first-order valence-corrected chi connectivity index (χ1v) is 10.5. The Balaban J connectivity index is 1.58. The van der Waals surface area contributed by atoms with E-state index in [1.54, 1.807) is 36.1 Å². The molecule has 158 valence electrons. The van der Waals surface area contributed by atoms with Gasteiger partial charge in [-0.3, -0.25) is 4.79 Å². The van der Waals surface area contributed by atoms with Gasteiger partial charge in [0.2, 0.25) is 5.89 Å². The molecule has 1 amide bonds. The highest BCUT2D eigenvalue weighted by molar-refractivity contribution is 6.31. The number of rotatable bonds is 7. The van der Waals surface area contributed by atoms with Crippen molar-refractivity contribution < 1.29 is 13.9 Å². The second-order valence-corrected chi connectivity index (χ2v) is 7.99. The number of hydrogen-bond acceptors (Lipinski definition) is 4. The third-order valence-electron chi connectivity index (χ3n) is 4.70. The molecule has 0 N–H and O–H groups in total. The van der Waals surface area contributed by atoms with Crippen LogP contribution in [0.2, 0.25) is 10.0 Å². The molecule has 1 atom stereocenters. The Morgan fingerprint density at radius 3 is 2.55 bits per heavy atom. The minimum Gasteiger partial charge on any atom is -0.481 e. The zero-order valence-electron chi connectivity index (χ0n) is 16.8. The Morgan fingerprint density at radius 1 is 1.00 bits per heavy atom. The number of para-hydroxylation sites is 1. The largest absolute Gasteiger partial charge is 0.481 e. The molecule has 1 heterocycles. The quantitative estimate of drug-likeness (QED) is 0.336. The molecule has 0 aliphatic rings. The third kappa shape index (κ3) is 5.37. The van der Waals surface area contributed by atoms with E-state index in [4.69, 9.17) is 32.4 Å². The van der Waals surface area contributed by atoms with Crippen molar-refractivity contribution in [1.82, 2.24) is 9.88 Å². The maximum atomic E-state index is 13.3. The van der Waals surface area contributed by atoms with Crippen molar-refractivity contribution in [2.75, 3.05) is 0 Å². The molecule has 0 aliphatic heterocycles. The first kappa shape index (κ1) is 21.2. The summed E-state index contributed by atoms with van der Waals surface area (Å²) >= 11 is 12.2. The van der Waals surface area contributed by atoms with Gasteiger partial charge in [0.15, 0.2) is 11.7 Å². The Kier molecular flexibility index (Phi) is 6.44. The molecule has 5 nitrogen and oxygen atoms in total. The number of fused-ring (bicyclic) bond motifs is 1. The summed E-state index contributed by atoms with van der Waals surface area (Å²) in [7, 11) is 0. The van der Waals surface area contributed by atoms with Gasteiger partial charge in [-0.05, 0) is 55.0 Å². The van der Waals surface area contributed by atoms with Crippen molar-refractivity contribution in [3.8, 4) is 5.75 Å². The lowest BCUT2D eigenvalue weighted by Gasteiger charge is -2.25. The van der Waals surface area contributed by atoms with E-state index in [-0.39, 0.29) is 12.5 Å². The van der Waals surface area contributed by atoms with Crippen molar-refractivity contribution in [2.24, 2.45) is 0 Å². The van der Waals surface area contributed by atoms with Gasteiger partial charge < -0.3 is 14.1 Å². The number of benzene rings is 3. The van der Waals surface area contributed by atoms with Crippen LogP contribution >= 0.6 is 23.2 Å². The summed E-state index contributed by atoms with van der Waals surface area (Å²) in [6, 6.07) is 21.9. The molecule has 0 bridgehead atoms. The molecule has 1 unspecified atom stereocenters. The molecule has 0 fully saturated rings. The van der Waals surface area contributed by atoms with E-state index in [9.17, 15) is 4.79 Å². The maximum absolute atomic E-state index is 13.3. The summed E-state index contributed by atoms with van der Waals surface area (Å²) in [5.41, 5.74) is 2.15. The molecule has 0 radical (unpaired) electrons. The van der Waals surface area contributed by atoms with Crippen LogP contribution in [0.5, 0.6) is 5.75 Å². The molecule has 7 heteroatoms. The standard InChI is InChI=1S/C24H20Cl2N2O3/c1-16(30-20-8-3-2-4-9-20)24(29)28(14-17-6-5-7-18(25)12-17)15-23-27-21-13-19(26)10-11-22(21)31-23/h2-13,16H,14-15H2,1H3. The Hall–Kier alpha value is -3.02. The fraction of sp³-hybridized carbons (Fsp3) is 0.167. The van der Waals surface area contributed by atoms with E-state index < -0.39 is 6.10 Å². The van der Waals surface area contributed by atoms with Gasteiger partial charge in [0.25, 0.3) is 5.91 Å². The Morgan fingerprint density at radius 2 is 1.77 bits per heavy atom. The van der Waals surface area contributed by atoms with E-state index in [0.717, 1.165) is 5.56 Å². The first-order chi connectivity index (χ1) is 15.0. The molecule has 31 heavy (non-hydrogen) atoms. The van der Waals surface area contributed by atoms with Crippen molar-refractivity contribution in [2.45, 2.75) is 26.1 Å². The van der Waals surface area contributed by atoms with Crippen LogP contribution in [0.15, 0.2) is 77.2 Å². The Bertz CT molecular complexity index is 1190. The van der Waals surface area contributed by atoms with Crippen LogP contribution in [-0.2, 0) is 17.9 Å². The summed E-state index contributed by atoms with van der Waals surface area (Å²) in [5.74, 6) is 0.853. The molecule has 0 saturated carbocycles. The summed E-state index contributed by atoms with van der Waals surface area (Å²) in [6.45, 7) is 2.24. The van der Waals surface area contributed by atoms with E-state index in [2.05, 4.69) is 4.98 Å². The minimum atomic E-state index is -0.694. The predicted molar refractivity (Wildman–Crippen MR) is 121 cm³/mol. The SMILES string of the molecule is CC(Oc1ccccc1)C(=O)N(Cc1cccc(Cl)c1)Cc1nc2cc(Cl)ccc2o1. The third-order valence-corrected chi connectivity index (χ3v) is 5.17. The van der Waals surface area contributed by atoms with E-state index >= 15 is 0 Å². The highest BCUT2D eigenvalue weighted by atomic mass is 35.5. The lowest BCUT2D eigenvalue weighted by atomic mass is 10.2. The molecule has 0 saturated heterocycles. The molecule has 0 spiro atoms. The van der Waals surface area contributed by atoms with Crippen molar-refractivity contribution in [1.29, 1.82) is 0 Å². The molecular weight excluding hydrogens is 435 g/mol. The van der Waals surface area contributed by atoms with Crippen LogP contribution in [0.1, 0.15) is 18.4 Å². The van der Waals surface area contributed by atoms with Gasteiger partial charge in [-0.1, -0.05) is 53.5 Å². The van der Waals surface area contributed by atoms with E-state index in [1.165, 1.54) is 0 Å². The number of halogens is 2. The number of amides is 1. The summed E-state index contributed by atoms with van der Waals surface area (Å²) < 4.78 is 11.7. The molecule has 4 aromatic rings. The fourth-order valence-electron chi connectivity index (χ4n) is 3.26. The number of aromatic nitrogens is 1. The second kappa shape index (κ2) is 9.41. The number of nitrogens with zero attached hydrogens (tertiary/aromatic N) is 2. The highest BCUT2D eigenvalue weighted by Gasteiger charge is 2.24. The van der Waals surface area contributed by atoms with Crippen molar-refractivity contribution in [3.05, 3.63) is 94.3 Å².